The average molecular weight is 535 g/mol. The van der Waals surface area contributed by atoms with Crippen LogP contribution in [-0.2, 0) is 17.0 Å². The Kier molecular flexibility index (Phi) is 11.2. The average Bonchev–Trinajstić information content (AvgIpc) is 2.90. The van der Waals surface area contributed by atoms with E-state index in [4.69, 9.17) is 11.6 Å². The van der Waals surface area contributed by atoms with Crippen molar-refractivity contribution in [1.29, 1.82) is 0 Å². The van der Waals surface area contributed by atoms with Crippen molar-refractivity contribution in [3.8, 4) is 0 Å². The first-order valence-corrected chi connectivity index (χ1v) is 13.1. The summed E-state index contributed by atoms with van der Waals surface area (Å²) in [5.41, 5.74) is 3.61. The molecule has 4 nitrogen and oxygen atoms in total. The van der Waals surface area contributed by atoms with E-state index in [-0.39, 0.29) is 17.8 Å². The van der Waals surface area contributed by atoms with Crippen molar-refractivity contribution in [2.24, 2.45) is 0 Å². The summed E-state index contributed by atoms with van der Waals surface area (Å²) in [6, 6.07) is 31.3. The standard InChI is InChI=1S/C16H16FNO.C14H12ClNOS/c1-12(11-13-5-3-2-4-6-13)18-16(19)14-7-9-15(17)10-8-14;15-13-8-12(16-10-17)6-7-14(13)18-9-11-4-2-1-3-5-11/h2-10,12H,11H2,1H3,(H,18,19);1-8,10H,9H2,(H,16,17). The molecule has 4 aromatic rings. The lowest BCUT2D eigenvalue weighted by Gasteiger charge is -2.14. The third-order valence-electron chi connectivity index (χ3n) is 5.26. The number of thioether (sulfide) groups is 1. The van der Waals surface area contributed by atoms with Crippen LogP contribution in [0.1, 0.15) is 28.4 Å². The van der Waals surface area contributed by atoms with Gasteiger partial charge in [-0.3, -0.25) is 9.59 Å². The number of benzene rings is 4. The van der Waals surface area contributed by atoms with Crippen LogP contribution in [0.3, 0.4) is 0 Å². The third-order valence-corrected chi connectivity index (χ3v) is 6.83. The largest absolute Gasteiger partial charge is 0.349 e. The first-order chi connectivity index (χ1) is 17.9. The van der Waals surface area contributed by atoms with E-state index >= 15 is 0 Å². The van der Waals surface area contributed by atoms with Crippen LogP contribution in [-0.4, -0.2) is 18.4 Å². The zero-order valence-corrected chi connectivity index (χ0v) is 21.9. The van der Waals surface area contributed by atoms with E-state index in [9.17, 15) is 14.0 Å². The molecule has 0 fully saturated rings. The Morgan fingerprint density at radius 3 is 2.14 bits per heavy atom. The van der Waals surface area contributed by atoms with Gasteiger partial charge in [-0.25, -0.2) is 4.39 Å². The van der Waals surface area contributed by atoms with E-state index < -0.39 is 0 Å². The Morgan fingerprint density at radius 2 is 1.54 bits per heavy atom. The second-order valence-electron chi connectivity index (χ2n) is 8.25. The lowest BCUT2D eigenvalue weighted by atomic mass is 10.1. The Balaban J connectivity index is 0.000000206. The van der Waals surface area contributed by atoms with E-state index in [0.29, 0.717) is 22.7 Å². The number of carbonyl (C=O) groups is 2. The van der Waals surface area contributed by atoms with Gasteiger partial charge in [0.25, 0.3) is 5.91 Å². The van der Waals surface area contributed by atoms with Crippen LogP contribution in [0.4, 0.5) is 10.1 Å². The molecule has 4 rings (SSSR count). The molecule has 0 aliphatic heterocycles. The minimum absolute atomic E-state index is 0.0277. The maximum absolute atomic E-state index is 12.8. The van der Waals surface area contributed by atoms with E-state index in [1.165, 1.54) is 35.4 Å². The maximum atomic E-state index is 12.8. The fraction of sp³-hybridized carbons (Fsp3) is 0.133. The van der Waals surface area contributed by atoms with E-state index in [2.05, 4.69) is 22.8 Å². The molecule has 2 amide bonds. The summed E-state index contributed by atoms with van der Waals surface area (Å²) >= 11 is 7.83. The van der Waals surface area contributed by atoms with Gasteiger partial charge < -0.3 is 10.6 Å². The molecule has 37 heavy (non-hydrogen) atoms. The third kappa shape index (κ3) is 9.75. The molecular formula is C30H28ClFN2O2S. The first kappa shape index (κ1) is 28.0. The summed E-state index contributed by atoms with van der Waals surface area (Å²) in [6.07, 6.45) is 1.41. The highest BCUT2D eigenvalue weighted by Crippen LogP contribution is 2.31. The van der Waals surface area contributed by atoms with Crippen molar-refractivity contribution in [3.05, 3.63) is 131 Å². The summed E-state index contributed by atoms with van der Waals surface area (Å²) in [4.78, 5) is 23.3. The molecular weight excluding hydrogens is 507 g/mol. The van der Waals surface area contributed by atoms with Crippen molar-refractivity contribution >= 4 is 41.4 Å². The number of hydrogen-bond donors (Lipinski definition) is 2. The van der Waals surface area contributed by atoms with Crippen LogP contribution in [0.2, 0.25) is 5.02 Å². The predicted molar refractivity (Wildman–Crippen MR) is 151 cm³/mol. The van der Waals surface area contributed by atoms with Gasteiger partial charge in [0.05, 0.1) is 5.02 Å². The molecule has 190 valence electrons. The molecule has 0 saturated heterocycles. The fourth-order valence-corrected chi connectivity index (χ4v) is 4.66. The normalized spacial score (nSPS) is 11.0. The molecule has 1 unspecified atom stereocenters. The molecule has 0 spiro atoms. The number of carbonyl (C=O) groups excluding carboxylic acids is 2. The molecule has 0 aliphatic rings. The van der Waals surface area contributed by atoms with Gasteiger partial charge in [-0.15, -0.1) is 11.8 Å². The Morgan fingerprint density at radius 1 is 0.919 bits per heavy atom. The second-order valence-corrected chi connectivity index (χ2v) is 9.68. The minimum Gasteiger partial charge on any atom is -0.349 e. The molecule has 4 aromatic carbocycles. The molecule has 2 N–H and O–H groups in total. The van der Waals surface area contributed by atoms with Gasteiger partial charge in [0.1, 0.15) is 5.82 Å². The van der Waals surface area contributed by atoms with Crippen LogP contribution in [0.5, 0.6) is 0 Å². The summed E-state index contributed by atoms with van der Waals surface area (Å²) in [5.74, 6) is 0.360. The van der Waals surface area contributed by atoms with Gasteiger partial charge >= 0.3 is 0 Å². The molecule has 7 heteroatoms. The number of rotatable bonds is 9. The number of anilines is 1. The number of nitrogens with one attached hydrogen (secondary N) is 2. The lowest BCUT2D eigenvalue weighted by Crippen LogP contribution is -2.34. The van der Waals surface area contributed by atoms with Crippen LogP contribution < -0.4 is 10.6 Å². The Bertz CT molecular complexity index is 1270. The zero-order valence-electron chi connectivity index (χ0n) is 20.4. The summed E-state index contributed by atoms with van der Waals surface area (Å²) in [6.45, 7) is 1.95. The minimum atomic E-state index is -0.339. The monoisotopic (exact) mass is 534 g/mol. The van der Waals surface area contributed by atoms with E-state index in [1.807, 2.05) is 67.6 Å². The molecule has 0 heterocycles. The quantitative estimate of drug-likeness (QED) is 0.174. The van der Waals surface area contributed by atoms with Crippen molar-refractivity contribution in [2.75, 3.05) is 5.32 Å². The second kappa shape index (κ2) is 14.8. The zero-order chi connectivity index (χ0) is 26.5. The van der Waals surface area contributed by atoms with Gasteiger partial charge in [-0.1, -0.05) is 72.3 Å². The van der Waals surface area contributed by atoms with Crippen molar-refractivity contribution in [3.63, 3.8) is 0 Å². The van der Waals surface area contributed by atoms with Gasteiger partial charge in [-0.05, 0) is 66.9 Å². The smallest absolute Gasteiger partial charge is 0.251 e. The topological polar surface area (TPSA) is 58.2 Å². The molecule has 0 aromatic heterocycles. The number of hydrogen-bond acceptors (Lipinski definition) is 3. The highest BCUT2D eigenvalue weighted by molar-refractivity contribution is 7.98. The fourth-order valence-electron chi connectivity index (χ4n) is 3.44. The lowest BCUT2D eigenvalue weighted by molar-refractivity contribution is -0.105. The summed E-state index contributed by atoms with van der Waals surface area (Å²) in [5, 5.41) is 6.13. The van der Waals surface area contributed by atoms with Crippen molar-refractivity contribution in [2.45, 2.75) is 30.0 Å². The molecule has 0 bridgehead atoms. The van der Waals surface area contributed by atoms with Crippen LogP contribution in [0.15, 0.2) is 108 Å². The highest BCUT2D eigenvalue weighted by atomic mass is 35.5. The van der Waals surface area contributed by atoms with E-state index in [0.717, 1.165) is 17.1 Å². The molecule has 0 aliphatic carbocycles. The van der Waals surface area contributed by atoms with E-state index in [1.54, 1.807) is 17.8 Å². The van der Waals surface area contributed by atoms with Crippen LogP contribution >= 0.6 is 23.4 Å². The van der Waals surface area contributed by atoms with Gasteiger partial charge in [-0.2, -0.15) is 0 Å². The van der Waals surface area contributed by atoms with Crippen LogP contribution in [0, 0.1) is 5.82 Å². The van der Waals surface area contributed by atoms with Gasteiger partial charge in [0, 0.05) is 27.9 Å². The van der Waals surface area contributed by atoms with Gasteiger partial charge in [0.2, 0.25) is 6.41 Å². The molecule has 0 saturated carbocycles. The summed E-state index contributed by atoms with van der Waals surface area (Å²) < 4.78 is 12.8. The van der Waals surface area contributed by atoms with Crippen molar-refractivity contribution < 1.29 is 14.0 Å². The summed E-state index contributed by atoms with van der Waals surface area (Å²) in [7, 11) is 0. The molecule has 0 radical (unpaired) electrons. The maximum Gasteiger partial charge on any atom is 0.251 e. The highest BCUT2D eigenvalue weighted by Gasteiger charge is 2.10. The van der Waals surface area contributed by atoms with Gasteiger partial charge in [0.15, 0.2) is 0 Å². The Labute approximate surface area is 226 Å². The first-order valence-electron chi connectivity index (χ1n) is 11.7. The predicted octanol–water partition coefficient (Wildman–Crippen LogP) is 7.39. The SMILES string of the molecule is CC(Cc1ccccc1)NC(=O)c1ccc(F)cc1.O=CNc1ccc(SCc2ccccc2)c(Cl)c1. The number of halogens is 2. The Hall–Kier alpha value is -3.61. The molecule has 1 atom stereocenters. The van der Waals surface area contributed by atoms with Crippen LogP contribution in [0.25, 0.3) is 0 Å². The number of amides is 2. The van der Waals surface area contributed by atoms with Crippen molar-refractivity contribution in [1.82, 2.24) is 5.32 Å².